The van der Waals surface area contributed by atoms with Gasteiger partial charge in [-0.3, -0.25) is 14.7 Å². The van der Waals surface area contributed by atoms with Crippen LogP contribution in [-0.2, 0) is 4.79 Å². The average Bonchev–Trinajstić information content (AvgIpc) is 2.42. The fourth-order valence-electron chi connectivity index (χ4n) is 2.31. The Morgan fingerprint density at radius 1 is 1.53 bits per heavy atom. The summed E-state index contributed by atoms with van der Waals surface area (Å²) in [4.78, 5) is 18.4. The van der Waals surface area contributed by atoms with Crippen LogP contribution < -0.4 is 11.1 Å². The Bertz CT molecular complexity index is 401. The molecule has 19 heavy (non-hydrogen) atoms. The second-order valence-corrected chi connectivity index (χ2v) is 5.16. The Morgan fingerprint density at radius 3 is 2.89 bits per heavy atom. The van der Waals surface area contributed by atoms with Crippen LogP contribution in [0.2, 0.25) is 0 Å². The fourth-order valence-corrected chi connectivity index (χ4v) is 2.31. The number of amides is 1. The maximum Gasteiger partial charge on any atom is 0.234 e. The zero-order chi connectivity index (χ0) is 13.7. The van der Waals surface area contributed by atoms with Crippen LogP contribution in [-0.4, -0.2) is 41.5 Å². The van der Waals surface area contributed by atoms with Crippen LogP contribution in [0.5, 0.6) is 0 Å². The number of rotatable bonds is 4. The molecule has 0 spiro atoms. The smallest absolute Gasteiger partial charge is 0.234 e. The molecule has 1 aliphatic heterocycles. The summed E-state index contributed by atoms with van der Waals surface area (Å²) in [5, 5.41) is 2.98. The maximum absolute atomic E-state index is 12.0. The van der Waals surface area contributed by atoms with E-state index >= 15 is 0 Å². The van der Waals surface area contributed by atoms with Gasteiger partial charge in [-0.05, 0) is 31.9 Å². The second kappa shape index (κ2) is 6.63. The molecule has 1 aromatic heterocycles. The molecule has 1 atom stereocenters. The summed E-state index contributed by atoms with van der Waals surface area (Å²) in [5.41, 5.74) is 6.73. The quantitative estimate of drug-likeness (QED) is 0.837. The molecule has 0 aromatic carbocycles. The number of piperidine rings is 1. The molecule has 1 fully saturated rings. The van der Waals surface area contributed by atoms with Crippen molar-refractivity contribution in [3.8, 4) is 0 Å². The minimum Gasteiger partial charge on any atom is -0.347 e. The lowest BCUT2D eigenvalue weighted by Crippen LogP contribution is -2.44. The first-order valence-corrected chi connectivity index (χ1v) is 6.83. The fraction of sp³-hybridized carbons (Fsp3) is 0.571. The lowest BCUT2D eigenvalue weighted by atomic mass is 10.1. The van der Waals surface area contributed by atoms with E-state index in [0.717, 1.165) is 31.6 Å². The van der Waals surface area contributed by atoms with Gasteiger partial charge in [-0.1, -0.05) is 6.07 Å². The summed E-state index contributed by atoms with van der Waals surface area (Å²) in [6, 6.07) is 5.96. The van der Waals surface area contributed by atoms with Crippen molar-refractivity contribution in [2.75, 3.05) is 19.6 Å². The van der Waals surface area contributed by atoms with E-state index < -0.39 is 0 Å². The molecular weight excluding hydrogens is 240 g/mol. The van der Waals surface area contributed by atoms with E-state index in [1.54, 1.807) is 6.20 Å². The molecular formula is C14H22N4O. The van der Waals surface area contributed by atoms with E-state index in [0.29, 0.717) is 12.6 Å². The molecule has 2 heterocycles. The summed E-state index contributed by atoms with van der Waals surface area (Å²) in [7, 11) is 0. The number of nitrogens with zero attached hydrogens (tertiary/aromatic N) is 2. The number of hydrogen-bond donors (Lipinski definition) is 2. The Morgan fingerprint density at radius 2 is 2.26 bits per heavy atom. The molecule has 0 saturated carbocycles. The van der Waals surface area contributed by atoms with Gasteiger partial charge in [0.05, 0.1) is 18.3 Å². The molecule has 1 amide bonds. The van der Waals surface area contributed by atoms with E-state index in [4.69, 9.17) is 5.73 Å². The Kier molecular flexibility index (Phi) is 4.87. The van der Waals surface area contributed by atoms with E-state index in [9.17, 15) is 4.79 Å². The van der Waals surface area contributed by atoms with Crippen molar-refractivity contribution in [2.24, 2.45) is 5.73 Å². The van der Waals surface area contributed by atoms with Crippen molar-refractivity contribution in [3.05, 3.63) is 30.1 Å². The number of carbonyl (C=O) groups is 1. The number of nitrogens with two attached hydrogens (primary N) is 1. The summed E-state index contributed by atoms with van der Waals surface area (Å²) >= 11 is 0. The lowest BCUT2D eigenvalue weighted by Gasteiger charge is -2.29. The number of likely N-dealkylation sites (tertiary alicyclic amines) is 1. The number of aromatic nitrogens is 1. The predicted octanol–water partition coefficient (Wildman–Crippen LogP) is 0.682. The first-order valence-electron chi connectivity index (χ1n) is 6.83. The zero-order valence-corrected chi connectivity index (χ0v) is 11.4. The Labute approximate surface area is 114 Å². The highest BCUT2D eigenvalue weighted by Gasteiger charge is 2.19. The molecule has 0 bridgehead atoms. The van der Waals surface area contributed by atoms with E-state index in [2.05, 4.69) is 15.2 Å². The van der Waals surface area contributed by atoms with Crippen molar-refractivity contribution in [2.45, 2.75) is 31.8 Å². The zero-order valence-electron chi connectivity index (χ0n) is 11.4. The van der Waals surface area contributed by atoms with Gasteiger partial charge >= 0.3 is 0 Å². The molecule has 1 saturated heterocycles. The van der Waals surface area contributed by atoms with Crippen molar-refractivity contribution in [3.63, 3.8) is 0 Å². The highest BCUT2D eigenvalue weighted by atomic mass is 16.2. The van der Waals surface area contributed by atoms with Gasteiger partial charge in [-0.15, -0.1) is 0 Å². The van der Waals surface area contributed by atoms with Crippen LogP contribution in [0.4, 0.5) is 0 Å². The van der Waals surface area contributed by atoms with E-state index in [1.807, 2.05) is 25.1 Å². The largest absolute Gasteiger partial charge is 0.347 e. The lowest BCUT2D eigenvalue weighted by molar-refractivity contribution is -0.123. The molecule has 0 aliphatic carbocycles. The third-order valence-corrected chi connectivity index (χ3v) is 3.51. The number of carbonyl (C=O) groups excluding carboxylic acids is 1. The normalized spacial score (nSPS) is 19.1. The minimum atomic E-state index is -0.0549. The number of nitrogens with one attached hydrogen (secondary N) is 1. The molecule has 104 valence electrons. The molecule has 0 unspecified atom stereocenters. The number of pyridine rings is 1. The van der Waals surface area contributed by atoms with Gasteiger partial charge in [-0.2, -0.15) is 0 Å². The summed E-state index contributed by atoms with van der Waals surface area (Å²) in [6.07, 6.45) is 3.69. The van der Waals surface area contributed by atoms with Crippen molar-refractivity contribution < 1.29 is 4.79 Å². The highest BCUT2D eigenvalue weighted by molar-refractivity contribution is 5.78. The van der Waals surface area contributed by atoms with Crippen LogP contribution in [0, 0.1) is 0 Å². The Balaban J connectivity index is 1.78. The first kappa shape index (κ1) is 14.0. The molecule has 5 heteroatoms. The standard InChI is InChI=1S/C14H22N4O/c1-11(13-4-2-3-7-16-13)17-14(19)10-18-8-5-12(15)6-9-18/h2-4,7,11-12H,5-6,8-10,15H2,1H3,(H,17,19)/t11-/m1/s1. The van der Waals surface area contributed by atoms with Gasteiger partial charge in [0, 0.05) is 25.3 Å². The van der Waals surface area contributed by atoms with E-state index in [-0.39, 0.29) is 11.9 Å². The van der Waals surface area contributed by atoms with Gasteiger partial charge in [0.25, 0.3) is 0 Å². The van der Waals surface area contributed by atoms with Crippen molar-refractivity contribution >= 4 is 5.91 Å². The van der Waals surface area contributed by atoms with Crippen LogP contribution >= 0.6 is 0 Å². The number of hydrogen-bond acceptors (Lipinski definition) is 4. The van der Waals surface area contributed by atoms with Crippen molar-refractivity contribution in [1.82, 2.24) is 15.2 Å². The average molecular weight is 262 g/mol. The molecule has 0 radical (unpaired) electrons. The second-order valence-electron chi connectivity index (χ2n) is 5.16. The molecule has 3 N–H and O–H groups in total. The summed E-state index contributed by atoms with van der Waals surface area (Å²) < 4.78 is 0. The SMILES string of the molecule is C[C@@H](NC(=O)CN1CCC(N)CC1)c1ccccn1. The third-order valence-electron chi connectivity index (χ3n) is 3.51. The van der Waals surface area contributed by atoms with Crippen LogP contribution in [0.25, 0.3) is 0 Å². The summed E-state index contributed by atoms with van der Waals surface area (Å²) in [6.45, 7) is 4.22. The Hall–Kier alpha value is -1.46. The van der Waals surface area contributed by atoms with Crippen LogP contribution in [0.3, 0.4) is 0 Å². The highest BCUT2D eigenvalue weighted by Crippen LogP contribution is 2.10. The molecule has 5 nitrogen and oxygen atoms in total. The first-order chi connectivity index (χ1) is 9.15. The maximum atomic E-state index is 12.0. The van der Waals surface area contributed by atoms with Gasteiger partial charge in [0.1, 0.15) is 0 Å². The monoisotopic (exact) mass is 262 g/mol. The van der Waals surface area contributed by atoms with Crippen LogP contribution in [0.15, 0.2) is 24.4 Å². The van der Waals surface area contributed by atoms with Crippen LogP contribution in [0.1, 0.15) is 31.5 Å². The van der Waals surface area contributed by atoms with Gasteiger partial charge in [0.2, 0.25) is 5.91 Å². The minimum absolute atomic E-state index is 0.0497. The summed E-state index contributed by atoms with van der Waals surface area (Å²) in [5.74, 6) is 0.0497. The predicted molar refractivity (Wildman–Crippen MR) is 74.4 cm³/mol. The molecule has 2 rings (SSSR count). The topological polar surface area (TPSA) is 71.2 Å². The van der Waals surface area contributed by atoms with Gasteiger partial charge in [-0.25, -0.2) is 0 Å². The molecule has 1 aromatic rings. The van der Waals surface area contributed by atoms with Crippen molar-refractivity contribution in [1.29, 1.82) is 0 Å². The van der Waals surface area contributed by atoms with Gasteiger partial charge < -0.3 is 11.1 Å². The van der Waals surface area contributed by atoms with E-state index in [1.165, 1.54) is 0 Å². The third kappa shape index (κ3) is 4.29. The molecule has 1 aliphatic rings. The van der Waals surface area contributed by atoms with Gasteiger partial charge in [0.15, 0.2) is 0 Å².